The summed E-state index contributed by atoms with van der Waals surface area (Å²) in [5, 5.41) is 13.9. The second-order valence-corrected chi connectivity index (χ2v) is 3.29. The Kier molecular flexibility index (Phi) is 3.73. The summed E-state index contributed by atoms with van der Waals surface area (Å²) in [5.74, 6) is 5.75. The van der Waals surface area contributed by atoms with E-state index in [-0.39, 0.29) is 0 Å². The summed E-state index contributed by atoms with van der Waals surface area (Å²) in [4.78, 5) is 0. The fourth-order valence-corrected chi connectivity index (χ4v) is 1.33. The normalized spacial score (nSPS) is 12.0. The van der Waals surface area contributed by atoms with Gasteiger partial charge >= 0.3 is 0 Å². The van der Waals surface area contributed by atoms with Gasteiger partial charge in [0.15, 0.2) is 0 Å². The monoisotopic (exact) mass is 192 g/mol. The zero-order valence-electron chi connectivity index (χ0n) is 8.91. The molecule has 3 heteroatoms. The van der Waals surface area contributed by atoms with Crippen molar-refractivity contribution in [2.24, 2.45) is 7.05 Å². The Morgan fingerprint density at radius 1 is 1.64 bits per heavy atom. The molecule has 0 aromatic carbocycles. The van der Waals surface area contributed by atoms with Crippen LogP contribution >= 0.6 is 0 Å². The first-order valence-corrected chi connectivity index (χ1v) is 4.73. The van der Waals surface area contributed by atoms with E-state index in [0.717, 1.165) is 17.7 Å². The molecule has 0 saturated heterocycles. The minimum absolute atomic E-state index is 0.440. The van der Waals surface area contributed by atoms with Crippen molar-refractivity contribution in [1.82, 2.24) is 9.78 Å². The highest BCUT2D eigenvalue weighted by Crippen LogP contribution is 2.20. The lowest BCUT2D eigenvalue weighted by Gasteiger charge is -2.07. The summed E-state index contributed by atoms with van der Waals surface area (Å²) in [6.07, 6.45) is 2.68. The summed E-state index contributed by atoms with van der Waals surface area (Å²) in [5.41, 5.74) is 1.92. The third-order valence-corrected chi connectivity index (χ3v) is 2.35. The molecule has 0 amide bonds. The van der Waals surface area contributed by atoms with Gasteiger partial charge in [-0.1, -0.05) is 0 Å². The molecule has 1 aromatic heterocycles. The molecule has 0 fully saturated rings. The summed E-state index contributed by atoms with van der Waals surface area (Å²) >= 11 is 0. The first-order chi connectivity index (χ1) is 6.66. The van der Waals surface area contributed by atoms with Crippen LogP contribution < -0.4 is 0 Å². The van der Waals surface area contributed by atoms with Gasteiger partial charge in [-0.2, -0.15) is 5.10 Å². The number of hydrogen-bond donors (Lipinski definition) is 1. The molecule has 1 heterocycles. The van der Waals surface area contributed by atoms with Crippen molar-refractivity contribution in [2.45, 2.75) is 32.8 Å². The molecule has 0 bridgehead atoms. The highest BCUT2D eigenvalue weighted by Gasteiger charge is 2.12. The molecule has 1 unspecified atom stereocenters. The van der Waals surface area contributed by atoms with E-state index in [0.29, 0.717) is 6.42 Å². The Labute approximate surface area is 84.8 Å². The topological polar surface area (TPSA) is 38.1 Å². The summed E-state index contributed by atoms with van der Waals surface area (Å²) < 4.78 is 1.77. The molecule has 0 radical (unpaired) electrons. The molecule has 1 N–H and O–H groups in total. The van der Waals surface area contributed by atoms with E-state index in [4.69, 9.17) is 0 Å². The maximum absolute atomic E-state index is 9.82. The van der Waals surface area contributed by atoms with Gasteiger partial charge in [0.05, 0.1) is 12.3 Å². The van der Waals surface area contributed by atoms with Crippen LogP contribution in [0, 0.1) is 18.8 Å². The maximum atomic E-state index is 9.82. The molecule has 3 nitrogen and oxygen atoms in total. The van der Waals surface area contributed by atoms with Crippen LogP contribution in [-0.2, 0) is 7.05 Å². The molecular weight excluding hydrogens is 176 g/mol. The lowest BCUT2D eigenvalue weighted by molar-refractivity contribution is 0.168. The van der Waals surface area contributed by atoms with Crippen LogP contribution in [-0.4, -0.2) is 14.9 Å². The van der Waals surface area contributed by atoms with Gasteiger partial charge in [0.2, 0.25) is 0 Å². The van der Waals surface area contributed by atoms with Crippen molar-refractivity contribution < 1.29 is 5.11 Å². The van der Waals surface area contributed by atoms with Crippen LogP contribution in [0.3, 0.4) is 0 Å². The van der Waals surface area contributed by atoms with Crippen LogP contribution in [0.2, 0.25) is 0 Å². The standard InChI is InChI=1S/C11H16N2O/c1-4-5-6-7-11(14)10-8-12-13(3)9(10)2/h8,11,14H,6-7H2,1-3H3. The number of aliphatic hydroxyl groups is 1. The van der Waals surface area contributed by atoms with E-state index in [1.54, 1.807) is 10.9 Å². The Morgan fingerprint density at radius 2 is 2.36 bits per heavy atom. The fraction of sp³-hybridized carbons (Fsp3) is 0.545. The Morgan fingerprint density at radius 3 is 2.86 bits per heavy atom. The molecule has 0 aliphatic rings. The molecule has 0 saturated carbocycles. The fourth-order valence-electron chi connectivity index (χ4n) is 1.33. The number of hydrogen-bond acceptors (Lipinski definition) is 2. The molecular formula is C11H16N2O. The van der Waals surface area contributed by atoms with Gasteiger partial charge in [-0.25, -0.2) is 0 Å². The van der Waals surface area contributed by atoms with Crippen LogP contribution in [0.5, 0.6) is 0 Å². The molecule has 14 heavy (non-hydrogen) atoms. The Hall–Kier alpha value is -1.27. The van der Waals surface area contributed by atoms with Crippen LogP contribution in [0.1, 0.15) is 37.1 Å². The van der Waals surface area contributed by atoms with Crippen molar-refractivity contribution in [1.29, 1.82) is 0 Å². The lowest BCUT2D eigenvalue weighted by atomic mass is 10.1. The van der Waals surface area contributed by atoms with Crippen molar-refractivity contribution in [3.8, 4) is 11.8 Å². The summed E-state index contributed by atoms with van der Waals surface area (Å²) in [6, 6.07) is 0. The van der Waals surface area contributed by atoms with Gasteiger partial charge in [0, 0.05) is 24.7 Å². The largest absolute Gasteiger partial charge is 0.388 e. The minimum atomic E-state index is -0.440. The third-order valence-electron chi connectivity index (χ3n) is 2.35. The van der Waals surface area contributed by atoms with Gasteiger partial charge < -0.3 is 5.11 Å². The van der Waals surface area contributed by atoms with Crippen LogP contribution in [0.15, 0.2) is 6.20 Å². The van der Waals surface area contributed by atoms with Crippen molar-refractivity contribution in [3.63, 3.8) is 0 Å². The van der Waals surface area contributed by atoms with Gasteiger partial charge in [0.1, 0.15) is 0 Å². The van der Waals surface area contributed by atoms with Crippen molar-refractivity contribution in [3.05, 3.63) is 17.5 Å². The lowest BCUT2D eigenvalue weighted by Crippen LogP contribution is -2.00. The van der Waals surface area contributed by atoms with E-state index in [1.807, 2.05) is 20.9 Å². The molecule has 0 aliphatic carbocycles. The summed E-state index contributed by atoms with van der Waals surface area (Å²) in [7, 11) is 1.87. The third kappa shape index (κ3) is 2.36. The zero-order chi connectivity index (χ0) is 10.6. The number of aliphatic hydroxyl groups excluding tert-OH is 1. The predicted molar refractivity (Wildman–Crippen MR) is 55.6 cm³/mol. The van der Waals surface area contributed by atoms with E-state index >= 15 is 0 Å². The van der Waals surface area contributed by atoms with E-state index in [1.165, 1.54) is 0 Å². The van der Waals surface area contributed by atoms with E-state index < -0.39 is 6.10 Å². The van der Waals surface area contributed by atoms with Gasteiger partial charge in [-0.05, 0) is 20.3 Å². The molecule has 1 rings (SSSR count). The van der Waals surface area contributed by atoms with E-state index in [2.05, 4.69) is 16.9 Å². The van der Waals surface area contributed by atoms with Crippen LogP contribution in [0.4, 0.5) is 0 Å². The quantitative estimate of drug-likeness (QED) is 0.738. The Bertz CT molecular complexity index is 357. The molecule has 1 atom stereocenters. The number of aromatic nitrogens is 2. The minimum Gasteiger partial charge on any atom is -0.388 e. The smallest absolute Gasteiger partial charge is 0.0832 e. The predicted octanol–water partition coefficient (Wildman–Crippen LogP) is 1.57. The highest BCUT2D eigenvalue weighted by molar-refractivity contribution is 5.18. The first-order valence-electron chi connectivity index (χ1n) is 4.73. The van der Waals surface area contributed by atoms with Crippen LogP contribution in [0.25, 0.3) is 0 Å². The van der Waals surface area contributed by atoms with Crippen molar-refractivity contribution >= 4 is 0 Å². The molecule has 0 aliphatic heterocycles. The molecule has 76 valence electrons. The van der Waals surface area contributed by atoms with E-state index in [9.17, 15) is 5.11 Å². The van der Waals surface area contributed by atoms with Crippen molar-refractivity contribution in [2.75, 3.05) is 0 Å². The maximum Gasteiger partial charge on any atom is 0.0832 e. The SMILES string of the molecule is CC#CCCC(O)c1cnn(C)c1C. The number of nitrogens with zero attached hydrogens (tertiary/aromatic N) is 2. The van der Waals surface area contributed by atoms with Gasteiger partial charge in [-0.15, -0.1) is 11.8 Å². The average molecular weight is 192 g/mol. The number of rotatable bonds is 3. The zero-order valence-corrected chi connectivity index (χ0v) is 8.91. The first kappa shape index (κ1) is 10.8. The summed E-state index contributed by atoms with van der Waals surface area (Å²) in [6.45, 7) is 3.76. The highest BCUT2D eigenvalue weighted by atomic mass is 16.3. The van der Waals surface area contributed by atoms with Gasteiger partial charge in [-0.3, -0.25) is 4.68 Å². The molecule has 1 aromatic rings. The molecule has 0 spiro atoms. The second kappa shape index (κ2) is 4.83. The second-order valence-electron chi connectivity index (χ2n) is 3.29. The Balaban J connectivity index is 2.63. The average Bonchev–Trinajstić information content (AvgIpc) is 2.48. The van der Waals surface area contributed by atoms with Gasteiger partial charge in [0.25, 0.3) is 0 Å². The number of aryl methyl sites for hydroxylation is 1.